The number of carbonyl (C=O) groups is 2. The maximum absolute atomic E-state index is 13.9. The number of hydrogen-bond donors (Lipinski definition) is 2. The SMILES string of the molecule is C#CC.CC#Cc1ccc(CC(=O)C(C)C2C[C@H]3CC(c4ccnc5ccc(F)cc45)C[C@H]3C2)cn1.CC#Cc1ccc(N)cn1.CC(C(=O)Cl)C1C[C@H]2CC(c3ccnc4ccc(F)cc34)C[C@H]2C1.Nc1ccc(Br)nc1. The van der Waals surface area contributed by atoms with E-state index >= 15 is 0 Å². The fourth-order valence-corrected chi connectivity index (χ4v) is 12.6. The Bertz CT molecular complexity index is 3300. The van der Waals surface area contributed by atoms with Gasteiger partial charge in [-0.05, 0) is 254 Å². The molecule has 0 radical (unpaired) electrons. The lowest BCUT2D eigenvalue weighted by molar-refractivity contribution is -0.123. The van der Waals surface area contributed by atoms with Gasteiger partial charge in [-0.25, -0.2) is 23.7 Å². The first-order valence-corrected chi connectivity index (χ1v) is 27.8. The highest BCUT2D eigenvalue weighted by Crippen LogP contribution is 2.56. The van der Waals surface area contributed by atoms with E-state index in [0.29, 0.717) is 70.9 Å². The number of nitrogens with zero attached hydrogens (tertiary/aromatic N) is 5. The summed E-state index contributed by atoms with van der Waals surface area (Å²) in [4.78, 5) is 45.4. The highest BCUT2D eigenvalue weighted by Gasteiger charge is 2.46. The molecular weight excluding hydrogens is 1060 g/mol. The van der Waals surface area contributed by atoms with Crippen molar-refractivity contribution in [3.05, 3.63) is 160 Å². The van der Waals surface area contributed by atoms with Crippen molar-refractivity contribution in [1.29, 1.82) is 0 Å². The van der Waals surface area contributed by atoms with Crippen molar-refractivity contribution in [1.82, 2.24) is 24.9 Å². The van der Waals surface area contributed by atoms with Crippen LogP contribution in [0.15, 0.2) is 121 Å². The van der Waals surface area contributed by atoms with Crippen LogP contribution in [-0.2, 0) is 16.0 Å². The standard InChI is InChI=1S/C29H29FN2O.C20H21ClFNO.C8H8N2.C5H5BrN2.C3H4/c1-3-4-25-7-5-19(17-32-25)11-29(33)18(2)20-12-21-14-23(15-22(21)13-20)26-9-10-31-28-8-6-24(30)16-27(26)28;1-11(20(21)24)12-6-13-8-15(9-14(13)7-12)17-4-5-23-19-3-2-16(22)10-18(17)19;1-2-3-8-5-4-7(9)6-10-8;6-5-2-1-4(7)3-8-5;1-3-2/h5-10,16-18,20-23H,11-15H2,1-2H3;2-5,10-15H,6-9H2,1H3;4-6H,9H2,1H3;1-3H,7H2;1H,2H3/t18?,20?,21-,22+,23?;11?,12?,13-,14+,15?;;;. The second-order valence-corrected chi connectivity index (χ2v) is 22.2. The fourth-order valence-electron chi connectivity index (χ4n) is 12.2. The highest BCUT2D eigenvalue weighted by molar-refractivity contribution is 9.10. The number of pyridine rings is 5. The van der Waals surface area contributed by atoms with Crippen LogP contribution in [0.2, 0.25) is 0 Å². The third kappa shape index (κ3) is 15.6. The lowest BCUT2D eigenvalue weighted by atomic mass is 9.83. The van der Waals surface area contributed by atoms with Crippen LogP contribution in [0.1, 0.15) is 126 Å². The van der Waals surface area contributed by atoms with Gasteiger partial charge in [-0.15, -0.1) is 12.3 Å². The van der Waals surface area contributed by atoms with Crippen molar-refractivity contribution in [2.24, 2.45) is 47.3 Å². The predicted molar refractivity (Wildman–Crippen MR) is 314 cm³/mol. The Hall–Kier alpha value is -7.04. The van der Waals surface area contributed by atoms with Crippen LogP contribution in [0.5, 0.6) is 0 Å². The zero-order valence-corrected chi connectivity index (χ0v) is 47.2. The Morgan fingerprint density at radius 1 is 0.615 bits per heavy atom. The number of halogens is 4. The van der Waals surface area contributed by atoms with Crippen LogP contribution < -0.4 is 11.5 Å². The number of fused-ring (bicyclic) bond motifs is 4. The van der Waals surface area contributed by atoms with Crippen LogP contribution >= 0.6 is 27.5 Å². The Labute approximate surface area is 471 Å². The number of Topliss-reactive ketones (excluding diaryl/α,β-unsaturated/α-hetero) is 1. The molecular formula is C65H67BrClF2N7O2. The summed E-state index contributed by atoms with van der Waals surface area (Å²) in [6.07, 6.45) is 22.6. The molecule has 0 aliphatic heterocycles. The molecule has 13 heteroatoms. The Morgan fingerprint density at radius 2 is 1.05 bits per heavy atom. The number of hydrogen-bond acceptors (Lipinski definition) is 9. The van der Waals surface area contributed by atoms with Crippen LogP contribution in [0.3, 0.4) is 0 Å². The zero-order valence-electron chi connectivity index (χ0n) is 44.9. The van der Waals surface area contributed by atoms with E-state index in [2.05, 4.69) is 95.9 Å². The first kappa shape index (κ1) is 58.6. The van der Waals surface area contributed by atoms with Crippen LogP contribution in [0, 0.1) is 95.0 Å². The number of benzene rings is 2. The van der Waals surface area contributed by atoms with Gasteiger partial charge in [0.15, 0.2) is 0 Å². The molecule has 5 heterocycles. The Balaban J connectivity index is 0.000000169. The smallest absolute Gasteiger partial charge is 0.224 e. The van der Waals surface area contributed by atoms with Crippen LogP contribution in [0.4, 0.5) is 20.2 Å². The molecule has 402 valence electrons. The van der Waals surface area contributed by atoms with Crippen LogP contribution in [0.25, 0.3) is 21.8 Å². The molecule has 4 N–H and O–H groups in total. The molecule has 4 saturated carbocycles. The summed E-state index contributed by atoms with van der Waals surface area (Å²) >= 11 is 8.87. The lowest BCUT2D eigenvalue weighted by Crippen LogP contribution is -2.21. The summed E-state index contributed by atoms with van der Waals surface area (Å²) in [5.41, 5.74) is 18.8. The minimum Gasteiger partial charge on any atom is -0.397 e. The molecule has 0 spiro atoms. The normalized spacial score (nSPS) is 21.9. The number of ketones is 1. The predicted octanol–water partition coefficient (Wildman–Crippen LogP) is 14.5. The molecule has 6 unspecified atom stereocenters. The molecule has 4 fully saturated rings. The fraction of sp³-hybridized carbons (Fsp3) is 0.369. The van der Waals surface area contributed by atoms with Gasteiger partial charge in [0.2, 0.25) is 5.24 Å². The summed E-state index contributed by atoms with van der Waals surface area (Å²) < 4.78 is 28.4. The van der Waals surface area contributed by atoms with E-state index in [-0.39, 0.29) is 28.7 Å². The number of terminal acetylenes is 1. The quantitative estimate of drug-likeness (QED) is 0.0861. The molecule has 4 aliphatic carbocycles. The molecule has 11 rings (SSSR count). The number of aromatic nitrogens is 5. The first-order chi connectivity index (χ1) is 37.6. The van der Waals surface area contributed by atoms with E-state index in [1.807, 2.05) is 31.5 Å². The Morgan fingerprint density at radius 3 is 1.44 bits per heavy atom. The summed E-state index contributed by atoms with van der Waals surface area (Å²) in [6, 6.07) is 24.9. The molecule has 7 aromatic rings. The van der Waals surface area contributed by atoms with E-state index in [1.54, 1.807) is 87.9 Å². The third-order valence-electron chi connectivity index (χ3n) is 16.0. The molecule has 0 saturated heterocycles. The first-order valence-electron chi connectivity index (χ1n) is 26.6. The summed E-state index contributed by atoms with van der Waals surface area (Å²) in [7, 11) is 0. The maximum Gasteiger partial charge on any atom is 0.224 e. The average Bonchev–Trinajstić information content (AvgIpc) is 4.23. The van der Waals surface area contributed by atoms with Crippen molar-refractivity contribution in [3.8, 4) is 36.0 Å². The number of nitrogens with two attached hydrogens (primary N) is 2. The summed E-state index contributed by atoms with van der Waals surface area (Å²) in [5, 5.41) is 1.70. The third-order valence-corrected chi connectivity index (χ3v) is 16.8. The molecule has 78 heavy (non-hydrogen) atoms. The molecule has 0 amide bonds. The largest absolute Gasteiger partial charge is 0.397 e. The van der Waals surface area contributed by atoms with E-state index in [1.165, 1.54) is 23.3 Å². The number of nitrogen functional groups attached to an aromatic ring is 2. The molecule has 9 nitrogen and oxygen atoms in total. The van der Waals surface area contributed by atoms with Gasteiger partial charge < -0.3 is 11.5 Å². The van der Waals surface area contributed by atoms with Crippen molar-refractivity contribution >= 4 is 71.7 Å². The van der Waals surface area contributed by atoms with E-state index in [4.69, 9.17) is 23.1 Å². The van der Waals surface area contributed by atoms with Gasteiger partial charge in [-0.1, -0.05) is 31.8 Å². The van der Waals surface area contributed by atoms with Crippen molar-refractivity contribution in [2.45, 2.75) is 104 Å². The number of carbonyl (C=O) groups excluding carboxylic acids is 2. The molecule has 2 aromatic carbocycles. The van der Waals surface area contributed by atoms with Crippen molar-refractivity contribution < 1.29 is 18.4 Å². The molecule has 10 atom stereocenters. The minimum atomic E-state index is -0.204. The molecule has 0 bridgehead atoms. The van der Waals surface area contributed by atoms with E-state index < -0.39 is 0 Å². The average molecular weight is 1130 g/mol. The second kappa shape index (κ2) is 28.0. The van der Waals surface area contributed by atoms with Crippen LogP contribution in [-0.4, -0.2) is 35.9 Å². The van der Waals surface area contributed by atoms with E-state index in [9.17, 15) is 18.4 Å². The van der Waals surface area contributed by atoms with Gasteiger partial charge in [0, 0.05) is 47.6 Å². The highest BCUT2D eigenvalue weighted by atomic mass is 79.9. The molecule has 4 aliphatic rings. The monoisotopic (exact) mass is 1130 g/mol. The summed E-state index contributed by atoms with van der Waals surface area (Å²) in [6.45, 7) is 9.28. The van der Waals surface area contributed by atoms with Crippen molar-refractivity contribution in [2.75, 3.05) is 11.5 Å². The van der Waals surface area contributed by atoms with Gasteiger partial charge in [0.05, 0.1) is 34.8 Å². The lowest BCUT2D eigenvalue weighted by Gasteiger charge is -2.21. The zero-order chi connectivity index (χ0) is 55.9. The van der Waals surface area contributed by atoms with Gasteiger partial charge in [0.1, 0.15) is 33.4 Å². The van der Waals surface area contributed by atoms with Gasteiger partial charge in [0.25, 0.3) is 0 Å². The van der Waals surface area contributed by atoms with Crippen molar-refractivity contribution in [3.63, 3.8) is 0 Å². The Kier molecular flexibility index (Phi) is 21.1. The summed E-state index contributed by atoms with van der Waals surface area (Å²) in [5.74, 6) is 18.0. The molecule has 5 aromatic heterocycles. The second-order valence-electron chi connectivity index (χ2n) is 21.0. The van der Waals surface area contributed by atoms with E-state index in [0.717, 1.165) is 94.7 Å². The number of anilines is 2. The topological polar surface area (TPSA) is 151 Å². The minimum absolute atomic E-state index is 0.0356. The number of rotatable bonds is 8. The maximum atomic E-state index is 13.9. The van der Waals surface area contributed by atoms with Gasteiger partial charge in [-0.2, -0.15) is 0 Å². The van der Waals surface area contributed by atoms with Gasteiger partial charge >= 0.3 is 0 Å². The van der Waals surface area contributed by atoms with Gasteiger partial charge in [-0.3, -0.25) is 19.6 Å².